The number of piperidine rings is 1. The molecule has 4 rings (SSSR count). The summed E-state index contributed by atoms with van der Waals surface area (Å²) in [5.74, 6) is -2.99. The highest BCUT2D eigenvalue weighted by molar-refractivity contribution is 5.92. The van der Waals surface area contributed by atoms with Gasteiger partial charge in [0, 0.05) is 25.6 Å². The first-order chi connectivity index (χ1) is 19.9. The molecule has 0 spiro atoms. The molecule has 2 aromatic rings. The molecule has 0 saturated carbocycles. The van der Waals surface area contributed by atoms with Crippen LogP contribution in [0, 0.1) is 6.92 Å². The van der Waals surface area contributed by atoms with Gasteiger partial charge in [0.2, 0.25) is 6.10 Å². The lowest BCUT2D eigenvalue weighted by Gasteiger charge is -2.32. The van der Waals surface area contributed by atoms with Gasteiger partial charge in [-0.05, 0) is 44.4 Å². The Morgan fingerprint density at radius 3 is 2.48 bits per heavy atom. The zero-order chi connectivity index (χ0) is 30.4. The van der Waals surface area contributed by atoms with Gasteiger partial charge in [-0.2, -0.15) is 13.2 Å². The number of rotatable bonds is 8. The molecule has 4 atom stereocenters. The number of benzene rings is 1. The molecule has 2 aliphatic rings. The average Bonchev–Trinajstić information content (AvgIpc) is 3.36. The molecule has 0 unspecified atom stereocenters. The molecule has 2 saturated heterocycles. The van der Waals surface area contributed by atoms with Gasteiger partial charge in [0.15, 0.2) is 0 Å². The van der Waals surface area contributed by atoms with Crippen molar-refractivity contribution in [3.63, 3.8) is 0 Å². The Morgan fingerprint density at radius 1 is 1.12 bits per heavy atom. The molecular formula is C28H31F3N4O7. The summed E-state index contributed by atoms with van der Waals surface area (Å²) in [4.78, 5) is 54.0. The van der Waals surface area contributed by atoms with E-state index in [4.69, 9.17) is 14.2 Å². The molecule has 226 valence electrons. The van der Waals surface area contributed by atoms with E-state index in [9.17, 15) is 32.3 Å². The molecule has 3 heterocycles. The normalized spacial score (nSPS) is 20.2. The summed E-state index contributed by atoms with van der Waals surface area (Å²) in [5.41, 5.74) is 1.52. The first-order valence-electron chi connectivity index (χ1n) is 13.4. The number of halogens is 3. The molecule has 0 aliphatic carbocycles. The summed E-state index contributed by atoms with van der Waals surface area (Å²) < 4.78 is 54.5. The molecule has 1 aromatic heterocycles. The summed E-state index contributed by atoms with van der Waals surface area (Å²) in [6, 6.07) is 8.32. The fourth-order valence-electron chi connectivity index (χ4n) is 4.61. The molecule has 1 aromatic carbocycles. The van der Waals surface area contributed by atoms with E-state index in [1.165, 1.54) is 30.2 Å². The molecule has 2 aliphatic heterocycles. The van der Waals surface area contributed by atoms with Crippen LogP contribution < -0.4 is 15.4 Å². The topological polar surface area (TPSA) is 136 Å². The number of hydrogen-bond acceptors (Lipinski definition) is 8. The van der Waals surface area contributed by atoms with Crippen LogP contribution in [0.15, 0.2) is 42.6 Å². The number of carbonyl (C=O) groups is 4. The maximum atomic E-state index is 12.9. The van der Waals surface area contributed by atoms with Gasteiger partial charge in [0.25, 0.3) is 5.91 Å². The van der Waals surface area contributed by atoms with Crippen molar-refractivity contribution in [1.29, 1.82) is 0 Å². The fraction of sp³-hybridized carbons (Fsp3) is 0.464. The number of nitrogens with zero attached hydrogens (tertiary/aromatic N) is 2. The Kier molecular flexibility index (Phi) is 9.53. The van der Waals surface area contributed by atoms with Crippen LogP contribution in [0.2, 0.25) is 0 Å². The summed E-state index contributed by atoms with van der Waals surface area (Å²) in [5, 5.41) is 4.76. The maximum absolute atomic E-state index is 12.9. The van der Waals surface area contributed by atoms with Gasteiger partial charge >= 0.3 is 24.1 Å². The van der Waals surface area contributed by atoms with Crippen molar-refractivity contribution >= 4 is 23.9 Å². The zero-order valence-corrected chi connectivity index (χ0v) is 23.0. The van der Waals surface area contributed by atoms with Crippen LogP contribution in [0.1, 0.15) is 53.9 Å². The largest absolute Gasteiger partial charge is 0.482 e. The second-order valence-corrected chi connectivity index (χ2v) is 10.2. The van der Waals surface area contributed by atoms with Gasteiger partial charge < -0.3 is 29.7 Å². The first kappa shape index (κ1) is 30.6. The number of alkyl halides is 3. The van der Waals surface area contributed by atoms with Crippen LogP contribution in [0.4, 0.5) is 18.0 Å². The van der Waals surface area contributed by atoms with Gasteiger partial charge in [-0.25, -0.2) is 14.6 Å². The standard InChI is InChI=1S/C28H31F3N4O7/c1-16-5-7-18(8-6-16)23(17(2)33-26(38)28(29,30)31)41-20-9-10-21(32-14-20)24(36)34-19-4-3-12-35(15-19)27(39)42-22-11-13-40-25(22)37/h5-10,14,17,19,22-23H,3-4,11-13,15H2,1-2H3,(H,33,38)(H,34,36)/t17-,19-,22+,23-/m0/s1. The lowest BCUT2D eigenvalue weighted by atomic mass is 10.0. The number of likely N-dealkylation sites (tertiary alicyclic amines) is 1. The number of pyridine rings is 1. The summed E-state index contributed by atoms with van der Waals surface area (Å²) in [6.45, 7) is 4.06. The van der Waals surface area contributed by atoms with E-state index >= 15 is 0 Å². The van der Waals surface area contributed by atoms with Crippen molar-refractivity contribution in [2.45, 2.75) is 63.6 Å². The Bertz CT molecular complexity index is 1290. The Morgan fingerprint density at radius 2 is 1.86 bits per heavy atom. The summed E-state index contributed by atoms with van der Waals surface area (Å²) in [6.07, 6.45) is -4.83. The van der Waals surface area contributed by atoms with E-state index in [1.54, 1.807) is 24.3 Å². The van der Waals surface area contributed by atoms with Gasteiger partial charge in [0.1, 0.15) is 17.5 Å². The van der Waals surface area contributed by atoms with Gasteiger partial charge in [0.05, 0.1) is 18.8 Å². The molecule has 3 amide bonds. The van der Waals surface area contributed by atoms with E-state index in [-0.39, 0.29) is 30.6 Å². The van der Waals surface area contributed by atoms with E-state index in [2.05, 4.69) is 10.3 Å². The van der Waals surface area contributed by atoms with Crippen LogP contribution in [-0.4, -0.2) is 77.8 Å². The third-order valence-electron chi connectivity index (χ3n) is 6.85. The highest BCUT2D eigenvalue weighted by Gasteiger charge is 2.40. The van der Waals surface area contributed by atoms with Crippen molar-refractivity contribution in [1.82, 2.24) is 20.5 Å². The highest BCUT2D eigenvalue weighted by Crippen LogP contribution is 2.26. The molecule has 14 heteroatoms. The number of nitrogens with one attached hydrogen (secondary N) is 2. The number of ether oxygens (including phenoxy) is 3. The van der Waals surface area contributed by atoms with Crippen molar-refractivity contribution in [3.05, 3.63) is 59.4 Å². The van der Waals surface area contributed by atoms with E-state index in [0.29, 0.717) is 31.4 Å². The van der Waals surface area contributed by atoms with Crippen LogP contribution in [0.5, 0.6) is 5.75 Å². The number of hydrogen-bond donors (Lipinski definition) is 2. The predicted octanol–water partition coefficient (Wildman–Crippen LogP) is 3.22. The Balaban J connectivity index is 1.37. The zero-order valence-electron chi connectivity index (χ0n) is 23.0. The third kappa shape index (κ3) is 7.89. The summed E-state index contributed by atoms with van der Waals surface area (Å²) >= 11 is 0. The SMILES string of the molecule is Cc1ccc([C@@H](Oc2ccc(C(=O)N[C@H]3CCCN(C(=O)O[C@@H]4CCOC4=O)C3)nc2)[C@H](C)NC(=O)C(F)(F)F)cc1. The van der Waals surface area contributed by atoms with Crippen LogP contribution in [0.3, 0.4) is 0 Å². The van der Waals surface area contributed by atoms with E-state index in [0.717, 1.165) is 5.56 Å². The van der Waals surface area contributed by atoms with Crippen LogP contribution >= 0.6 is 0 Å². The predicted molar refractivity (Wildman–Crippen MR) is 140 cm³/mol. The molecular weight excluding hydrogens is 561 g/mol. The molecule has 11 nitrogen and oxygen atoms in total. The fourth-order valence-corrected chi connectivity index (χ4v) is 4.61. The van der Waals surface area contributed by atoms with Crippen molar-refractivity contribution in [3.8, 4) is 5.75 Å². The van der Waals surface area contributed by atoms with Gasteiger partial charge in [-0.3, -0.25) is 9.59 Å². The van der Waals surface area contributed by atoms with Crippen molar-refractivity contribution in [2.75, 3.05) is 19.7 Å². The van der Waals surface area contributed by atoms with E-state index in [1.807, 2.05) is 12.2 Å². The molecule has 0 radical (unpaired) electrons. The van der Waals surface area contributed by atoms with Crippen molar-refractivity contribution < 1.29 is 46.6 Å². The third-order valence-corrected chi connectivity index (χ3v) is 6.85. The second kappa shape index (κ2) is 13.1. The minimum atomic E-state index is -5.05. The lowest BCUT2D eigenvalue weighted by molar-refractivity contribution is -0.174. The Hall–Kier alpha value is -4.36. The van der Waals surface area contributed by atoms with E-state index < -0.39 is 48.3 Å². The van der Waals surface area contributed by atoms with Gasteiger partial charge in [-0.1, -0.05) is 29.8 Å². The maximum Gasteiger partial charge on any atom is 0.471 e. The summed E-state index contributed by atoms with van der Waals surface area (Å²) in [7, 11) is 0. The quantitative estimate of drug-likeness (QED) is 0.446. The average molecular weight is 593 g/mol. The van der Waals surface area contributed by atoms with Crippen molar-refractivity contribution in [2.24, 2.45) is 0 Å². The van der Waals surface area contributed by atoms with Gasteiger partial charge in [-0.15, -0.1) is 0 Å². The number of carbonyl (C=O) groups excluding carboxylic acids is 4. The van der Waals surface area contributed by atoms with Crippen LogP contribution in [0.25, 0.3) is 0 Å². The number of cyclic esters (lactones) is 1. The second-order valence-electron chi connectivity index (χ2n) is 10.2. The number of esters is 1. The number of amides is 3. The molecule has 42 heavy (non-hydrogen) atoms. The molecule has 2 fully saturated rings. The molecule has 2 N–H and O–H groups in total. The number of aromatic nitrogens is 1. The van der Waals surface area contributed by atoms with Crippen LogP contribution in [-0.2, 0) is 19.1 Å². The molecule has 0 bridgehead atoms. The smallest absolute Gasteiger partial charge is 0.471 e. The lowest BCUT2D eigenvalue weighted by Crippen LogP contribution is -2.50. The minimum absolute atomic E-state index is 0.0565. The monoisotopic (exact) mass is 592 g/mol. The minimum Gasteiger partial charge on any atom is -0.482 e. The first-order valence-corrected chi connectivity index (χ1v) is 13.4. The highest BCUT2D eigenvalue weighted by atomic mass is 19.4. The Labute approximate surface area is 239 Å². The number of aryl methyl sites for hydroxylation is 1.